The van der Waals surface area contributed by atoms with Crippen molar-refractivity contribution in [3.8, 4) is 11.1 Å². The van der Waals surface area contributed by atoms with Gasteiger partial charge in [-0.15, -0.1) is 0 Å². The lowest BCUT2D eigenvalue weighted by Gasteiger charge is -2.20. The molecule has 1 atom stereocenters. The molecule has 2 N–H and O–H groups in total. The number of amides is 1. The number of benzene rings is 3. The summed E-state index contributed by atoms with van der Waals surface area (Å²) < 4.78 is 16.5. The molecule has 3 aromatic rings. The van der Waals surface area contributed by atoms with Crippen molar-refractivity contribution in [2.24, 2.45) is 5.92 Å². The number of rotatable bonds is 15. The van der Waals surface area contributed by atoms with Crippen LogP contribution in [0.25, 0.3) is 11.1 Å². The number of hydrogen-bond acceptors (Lipinski definition) is 7. The molecule has 0 saturated carbocycles. The summed E-state index contributed by atoms with van der Waals surface area (Å²) >= 11 is 0. The number of carbonyl (C=O) groups is 3. The number of hydrogen-bond donors (Lipinski definition) is 2. The number of carbonyl (C=O) groups excluding carboxylic acids is 3. The van der Waals surface area contributed by atoms with Gasteiger partial charge in [-0.2, -0.15) is 0 Å². The third kappa shape index (κ3) is 10.2. The van der Waals surface area contributed by atoms with Crippen LogP contribution in [0.15, 0.2) is 78.9 Å². The molecule has 1 amide bonds. The molecule has 0 aliphatic heterocycles. The average molecular weight is 601 g/mol. The lowest BCUT2D eigenvalue weighted by atomic mass is 9.97. The van der Waals surface area contributed by atoms with Gasteiger partial charge in [-0.3, -0.25) is 9.59 Å². The maximum absolute atomic E-state index is 13.1. The van der Waals surface area contributed by atoms with Gasteiger partial charge < -0.3 is 24.8 Å². The van der Waals surface area contributed by atoms with Gasteiger partial charge in [0.25, 0.3) is 0 Å². The molecule has 4 rings (SSSR count). The first-order chi connectivity index (χ1) is 21.2. The number of nitrogens with one attached hydrogen (secondary N) is 2. The van der Waals surface area contributed by atoms with E-state index < -0.39 is 11.7 Å². The maximum atomic E-state index is 13.1. The highest BCUT2D eigenvalue weighted by Crippen LogP contribution is 2.44. The van der Waals surface area contributed by atoms with Crippen LogP contribution in [-0.4, -0.2) is 49.9 Å². The van der Waals surface area contributed by atoms with Crippen LogP contribution in [0.1, 0.15) is 69.1 Å². The molecule has 0 aromatic heterocycles. The molecular weight excluding hydrogens is 556 g/mol. The van der Waals surface area contributed by atoms with Gasteiger partial charge in [0.05, 0.1) is 6.54 Å². The van der Waals surface area contributed by atoms with Crippen molar-refractivity contribution >= 4 is 18.0 Å². The van der Waals surface area contributed by atoms with E-state index in [1.54, 1.807) is 0 Å². The Bertz CT molecular complexity index is 1340. The van der Waals surface area contributed by atoms with E-state index >= 15 is 0 Å². The predicted octanol–water partition coefficient (Wildman–Crippen LogP) is 6.38. The minimum absolute atomic E-state index is 0.00115. The van der Waals surface area contributed by atoms with Crippen LogP contribution in [0.2, 0.25) is 0 Å². The van der Waals surface area contributed by atoms with Gasteiger partial charge in [-0.25, -0.2) is 4.79 Å². The fraction of sp³-hybridized carbons (Fsp3) is 0.417. The summed E-state index contributed by atoms with van der Waals surface area (Å²) in [7, 11) is 0. The first-order valence-electron chi connectivity index (χ1n) is 15.4. The van der Waals surface area contributed by atoms with Crippen LogP contribution in [0.3, 0.4) is 0 Å². The Labute approximate surface area is 260 Å². The SMILES string of the molecule is CC(C)(C)OC(=O)NCCCC[C@@H](CNCC(=O)OCc1ccccc1)CC(=O)OCC1c2ccccc2-c2ccccc21. The van der Waals surface area contributed by atoms with E-state index in [9.17, 15) is 14.4 Å². The largest absolute Gasteiger partial charge is 0.465 e. The molecular formula is C36H44N2O6. The fourth-order valence-electron chi connectivity index (χ4n) is 5.42. The van der Waals surface area contributed by atoms with Crippen molar-refractivity contribution in [3.63, 3.8) is 0 Å². The van der Waals surface area contributed by atoms with E-state index in [-0.39, 0.29) is 50.0 Å². The second-order valence-corrected chi connectivity index (χ2v) is 12.2. The van der Waals surface area contributed by atoms with Crippen molar-refractivity contribution in [3.05, 3.63) is 95.6 Å². The summed E-state index contributed by atoms with van der Waals surface area (Å²) in [4.78, 5) is 37.3. The van der Waals surface area contributed by atoms with Crippen molar-refractivity contribution in [1.29, 1.82) is 0 Å². The highest BCUT2D eigenvalue weighted by molar-refractivity contribution is 5.79. The number of ether oxygens (including phenoxy) is 3. The zero-order chi connectivity index (χ0) is 31.4. The second-order valence-electron chi connectivity index (χ2n) is 12.2. The number of unbranched alkanes of at least 4 members (excludes halogenated alkanes) is 1. The highest BCUT2D eigenvalue weighted by Gasteiger charge is 2.29. The zero-order valence-electron chi connectivity index (χ0n) is 26.0. The third-order valence-corrected chi connectivity index (χ3v) is 7.48. The number of alkyl carbamates (subject to hydrolysis) is 1. The molecule has 0 saturated heterocycles. The molecule has 3 aromatic carbocycles. The molecule has 0 unspecified atom stereocenters. The van der Waals surface area contributed by atoms with Crippen LogP contribution in [-0.2, 0) is 30.4 Å². The number of fused-ring (bicyclic) bond motifs is 3. The van der Waals surface area contributed by atoms with Crippen LogP contribution in [0, 0.1) is 5.92 Å². The van der Waals surface area contributed by atoms with Gasteiger partial charge in [-0.05, 0) is 73.9 Å². The minimum atomic E-state index is -0.549. The molecule has 44 heavy (non-hydrogen) atoms. The van der Waals surface area contributed by atoms with Crippen LogP contribution in [0.5, 0.6) is 0 Å². The summed E-state index contributed by atoms with van der Waals surface area (Å²) in [6.45, 7) is 6.96. The van der Waals surface area contributed by atoms with Gasteiger partial charge in [0.2, 0.25) is 0 Å². The summed E-state index contributed by atoms with van der Waals surface area (Å²) in [6, 6.07) is 26.0. The summed E-state index contributed by atoms with van der Waals surface area (Å²) in [5.41, 5.74) is 5.09. The van der Waals surface area contributed by atoms with Gasteiger partial charge in [-0.1, -0.05) is 85.3 Å². The number of esters is 2. The van der Waals surface area contributed by atoms with Crippen molar-refractivity contribution < 1.29 is 28.6 Å². The quantitative estimate of drug-likeness (QED) is 0.119. The van der Waals surface area contributed by atoms with Crippen LogP contribution >= 0.6 is 0 Å². The first kappa shape index (κ1) is 32.7. The second kappa shape index (κ2) is 16.1. The Morgan fingerprint density at radius 1 is 0.795 bits per heavy atom. The summed E-state index contributed by atoms with van der Waals surface area (Å²) in [5, 5.41) is 5.94. The monoisotopic (exact) mass is 600 g/mol. The Morgan fingerprint density at radius 3 is 2.09 bits per heavy atom. The molecule has 8 nitrogen and oxygen atoms in total. The molecule has 1 aliphatic carbocycles. The Hall–Kier alpha value is -4.17. The molecule has 0 radical (unpaired) electrons. The third-order valence-electron chi connectivity index (χ3n) is 7.48. The van der Waals surface area contributed by atoms with Gasteiger partial charge in [0.15, 0.2) is 0 Å². The molecule has 1 aliphatic rings. The average Bonchev–Trinajstić information content (AvgIpc) is 3.32. The topological polar surface area (TPSA) is 103 Å². The van der Waals surface area contributed by atoms with E-state index in [1.807, 2.05) is 75.4 Å². The van der Waals surface area contributed by atoms with E-state index in [1.165, 1.54) is 22.3 Å². The zero-order valence-corrected chi connectivity index (χ0v) is 26.0. The van der Waals surface area contributed by atoms with Gasteiger partial charge in [0, 0.05) is 18.9 Å². The van der Waals surface area contributed by atoms with Gasteiger partial charge >= 0.3 is 18.0 Å². The standard InChI is InChI=1S/C36H44N2O6/c1-36(2,3)44-35(41)38-20-12-11-15-27(22-37-23-34(40)42-24-26-13-5-4-6-14-26)21-33(39)43-25-32-30-18-9-7-16-28(30)29-17-8-10-19-31(29)32/h4-10,13-14,16-19,27,32,37H,11-12,15,20-25H2,1-3H3,(H,38,41)/t27-/m1/s1. The molecule has 8 heteroatoms. The lowest BCUT2D eigenvalue weighted by molar-refractivity contribution is -0.145. The summed E-state index contributed by atoms with van der Waals surface area (Å²) in [5.74, 6) is -0.664. The normalized spacial score (nSPS) is 13.0. The van der Waals surface area contributed by atoms with Gasteiger partial charge in [0.1, 0.15) is 18.8 Å². The molecule has 0 heterocycles. The maximum Gasteiger partial charge on any atom is 0.407 e. The van der Waals surface area contributed by atoms with Crippen LogP contribution in [0.4, 0.5) is 4.79 Å². The summed E-state index contributed by atoms with van der Waals surface area (Å²) in [6.07, 6.45) is 2.04. The predicted molar refractivity (Wildman–Crippen MR) is 170 cm³/mol. The van der Waals surface area contributed by atoms with E-state index in [0.717, 1.165) is 24.8 Å². The van der Waals surface area contributed by atoms with Crippen molar-refractivity contribution in [2.75, 3.05) is 26.2 Å². The van der Waals surface area contributed by atoms with E-state index in [4.69, 9.17) is 14.2 Å². The van der Waals surface area contributed by atoms with E-state index in [2.05, 4.69) is 34.9 Å². The molecule has 0 fully saturated rings. The Kier molecular flexibility index (Phi) is 11.9. The van der Waals surface area contributed by atoms with Crippen molar-refractivity contribution in [1.82, 2.24) is 10.6 Å². The van der Waals surface area contributed by atoms with E-state index in [0.29, 0.717) is 13.1 Å². The van der Waals surface area contributed by atoms with Crippen LogP contribution < -0.4 is 10.6 Å². The Morgan fingerprint density at radius 2 is 1.43 bits per heavy atom. The first-order valence-corrected chi connectivity index (χ1v) is 15.4. The smallest absolute Gasteiger partial charge is 0.407 e. The minimum Gasteiger partial charge on any atom is -0.465 e. The molecule has 234 valence electrons. The molecule has 0 spiro atoms. The molecule has 0 bridgehead atoms. The lowest BCUT2D eigenvalue weighted by Crippen LogP contribution is -2.33. The highest BCUT2D eigenvalue weighted by atomic mass is 16.6. The Balaban J connectivity index is 1.26. The fourth-order valence-corrected chi connectivity index (χ4v) is 5.42. The van der Waals surface area contributed by atoms with Crippen molar-refractivity contribution in [2.45, 2.75) is 64.6 Å².